The lowest BCUT2D eigenvalue weighted by Crippen LogP contribution is -2.33. The molecule has 1 fully saturated rings. The van der Waals surface area contributed by atoms with Crippen LogP contribution < -0.4 is 5.73 Å². The molecule has 0 radical (unpaired) electrons. The van der Waals surface area contributed by atoms with Crippen molar-refractivity contribution in [1.82, 2.24) is 4.31 Å². The van der Waals surface area contributed by atoms with Gasteiger partial charge >= 0.3 is 0 Å². The van der Waals surface area contributed by atoms with Gasteiger partial charge in [0.05, 0.1) is 0 Å². The second-order valence-corrected chi connectivity index (χ2v) is 9.05. The highest BCUT2D eigenvalue weighted by molar-refractivity contribution is 7.89. The van der Waals surface area contributed by atoms with E-state index in [4.69, 9.17) is 5.73 Å². The maximum Gasteiger partial charge on any atom is 0.244 e. The van der Waals surface area contributed by atoms with Crippen molar-refractivity contribution in [2.45, 2.75) is 51.5 Å². The smallest absolute Gasteiger partial charge is 0.244 e. The van der Waals surface area contributed by atoms with E-state index in [0.29, 0.717) is 29.8 Å². The molecular formula is C15H26N2O2S2. The van der Waals surface area contributed by atoms with Crippen molar-refractivity contribution in [3.05, 3.63) is 15.8 Å². The standard InChI is InChI=1S/C15H26N2O2S2/c1-11(2)13-5-4-7-17(8-6-13)21(18,19)15-12(3)10-20-14(15)9-16/h10-11,13H,4-9,16H2,1-3H3. The van der Waals surface area contributed by atoms with Gasteiger partial charge in [-0.1, -0.05) is 13.8 Å². The maximum absolute atomic E-state index is 13.0. The summed E-state index contributed by atoms with van der Waals surface area (Å²) in [7, 11) is -3.40. The van der Waals surface area contributed by atoms with Crippen molar-refractivity contribution in [3.63, 3.8) is 0 Å². The van der Waals surface area contributed by atoms with Gasteiger partial charge in [0.1, 0.15) is 4.90 Å². The van der Waals surface area contributed by atoms with E-state index in [1.54, 1.807) is 4.31 Å². The number of nitrogens with two attached hydrogens (primary N) is 1. The van der Waals surface area contributed by atoms with Gasteiger partial charge in [-0.2, -0.15) is 4.31 Å². The van der Waals surface area contributed by atoms with E-state index in [2.05, 4.69) is 13.8 Å². The van der Waals surface area contributed by atoms with Crippen LogP contribution in [0.5, 0.6) is 0 Å². The largest absolute Gasteiger partial charge is 0.326 e. The van der Waals surface area contributed by atoms with Crippen molar-refractivity contribution in [2.75, 3.05) is 13.1 Å². The first-order chi connectivity index (χ1) is 9.87. The monoisotopic (exact) mass is 330 g/mol. The van der Waals surface area contributed by atoms with Crippen molar-refractivity contribution in [1.29, 1.82) is 0 Å². The number of sulfonamides is 1. The molecular weight excluding hydrogens is 304 g/mol. The maximum atomic E-state index is 13.0. The van der Waals surface area contributed by atoms with Gasteiger partial charge in [-0.3, -0.25) is 0 Å². The van der Waals surface area contributed by atoms with Crippen molar-refractivity contribution in [3.8, 4) is 0 Å². The summed E-state index contributed by atoms with van der Waals surface area (Å²) in [6.45, 7) is 7.86. The van der Waals surface area contributed by atoms with Crippen molar-refractivity contribution < 1.29 is 8.42 Å². The van der Waals surface area contributed by atoms with Crippen LogP contribution in [0.4, 0.5) is 0 Å². The molecule has 0 aromatic carbocycles. The zero-order valence-electron chi connectivity index (χ0n) is 13.1. The fraction of sp³-hybridized carbons (Fsp3) is 0.733. The number of rotatable bonds is 4. The topological polar surface area (TPSA) is 63.4 Å². The van der Waals surface area contributed by atoms with E-state index >= 15 is 0 Å². The molecule has 21 heavy (non-hydrogen) atoms. The Kier molecular flexibility index (Phi) is 5.46. The Morgan fingerprint density at radius 1 is 1.38 bits per heavy atom. The fourth-order valence-electron chi connectivity index (χ4n) is 3.11. The summed E-state index contributed by atoms with van der Waals surface area (Å²) in [4.78, 5) is 1.23. The molecule has 2 rings (SSSR count). The minimum Gasteiger partial charge on any atom is -0.326 e. The first-order valence-corrected chi connectivity index (χ1v) is 9.97. The molecule has 1 aromatic rings. The molecule has 1 aliphatic heterocycles. The lowest BCUT2D eigenvalue weighted by molar-refractivity contribution is 0.340. The summed E-state index contributed by atoms with van der Waals surface area (Å²) in [5, 5.41) is 1.89. The van der Waals surface area contributed by atoms with Gasteiger partial charge < -0.3 is 5.73 Å². The molecule has 6 heteroatoms. The number of aryl methyl sites for hydroxylation is 1. The van der Waals surface area contributed by atoms with Crippen molar-refractivity contribution >= 4 is 21.4 Å². The van der Waals surface area contributed by atoms with E-state index in [1.807, 2.05) is 12.3 Å². The molecule has 0 spiro atoms. The summed E-state index contributed by atoms with van der Waals surface area (Å²) in [6, 6.07) is 0. The normalized spacial score (nSPS) is 21.7. The van der Waals surface area contributed by atoms with E-state index in [9.17, 15) is 8.42 Å². The summed E-state index contributed by atoms with van der Waals surface area (Å²) in [6.07, 6.45) is 3.03. The molecule has 0 bridgehead atoms. The van der Waals surface area contributed by atoms with Gasteiger partial charge in [0.2, 0.25) is 10.0 Å². The molecule has 1 aromatic heterocycles. The Morgan fingerprint density at radius 2 is 2.10 bits per heavy atom. The summed E-state index contributed by atoms with van der Waals surface area (Å²) < 4.78 is 27.6. The first-order valence-electron chi connectivity index (χ1n) is 7.65. The Hall–Kier alpha value is -0.430. The first kappa shape index (κ1) is 16.9. The Labute approximate surface area is 132 Å². The fourth-order valence-corrected chi connectivity index (χ4v) is 6.25. The molecule has 0 aliphatic carbocycles. The van der Waals surface area contributed by atoms with Gasteiger partial charge in [-0.25, -0.2) is 8.42 Å². The molecule has 0 amide bonds. The third kappa shape index (κ3) is 3.50. The predicted molar refractivity (Wildman–Crippen MR) is 87.9 cm³/mol. The van der Waals surface area contributed by atoms with E-state index in [1.165, 1.54) is 11.3 Å². The average Bonchev–Trinajstić information content (AvgIpc) is 2.65. The SMILES string of the molecule is Cc1csc(CN)c1S(=O)(=O)N1CCCC(C(C)C)CC1. The van der Waals surface area contributed by atoms with Crippen molar-refractivity contribution in [2.24, 2.45) is 17.6 Å². The predicted octanol–water partition coefficient (Wildman–Crippen LogP) is 2.96. The second kappa shape index (κ2) is 6.77. The quantitative estimate of drug-likeness (QED) is 0.923. The minimum atomic E-state index is -3.40. The van der Waals surface area contributed by atoms with E-state index in [-0.39, 0.29) is 6.54 Å². The van der Waals surface area contributed by atoms with Gasteiger partial charge in [0.15, 0.2) is 0 Å². The molecule has 4 nitrogen and oxygen atoms in total. The number of hydrogen-bond donors (Lipinski definition) is 1. The highest BCUT2D eigenvalue weighted by Crippen LogP contribution is 2.32. The number of hydrogen-bond acceptors (Lipinski definition) is 4. The second-order valence-electron chi connectivity index (χ2n) is 6.21. The third-order valence-electron chi connectivity index (χ3n) is 4.45. The van der Waals surface area contributed by atoms with Crippen LogP contribution in [0.15, 0.2) is 10.3 Å². The highest BCUT2D eigenvalue weighted by atomic mass is 32.2. The lowest BCUT2D eigenvalue weighted by atomic mass is 9.89. The molecule has 0 saturated carbocycles. The lowest BCUT2D eigenvalue weighted by Gasteiger charge is -2.22. The van der Waals surface area contributed by atoms with Crippen LogP contribution in [-0.4, -0.2) is 25.8 Å². The molecule has 2 heterocycles. The van der Waals surface area contributed by atoms with Crippen LogP contribution in [0.1, 0.15) is 43.6 Å². The van der Waals surface area contributed by atoms with E-state index in [0.717, 1.165) is 29.7 Å². The number of thiophene rings is 1. The van der Waals surface area contributed by atoms with Gasteiger partial charge in [-0.05, 0) is 49.0 Å². The molecule has 1 aliphatic rings. The molecule has 1 saturated heterocycles. The zero-order valence-corrected chi connectivity index (χ0v) is 14.8. The highest BCUT2D eigenvalue weighted by Gasteiger charge is 2.31. The van der Waals surface area contributed by atoms with Gasteiger partial charge in [0, 0.05) is 24.5 Å². The van der Waals surface area contributed by atoms with Crippen LogP contribution in [0.25, 0.3) is 0 Å². The van der Waals surface area contributed by atoms with Crippen LogP contribution in [0, 0.1) is 18.8 Å². The van der Waals surface area contributed by atoms with E-state index < -0.39 is 10.0 Å². The van der Waals surface area contributed by atoms with Crippen LogP contribution in [0.3, 0.4) is 0 Å². The van der Waals surface area contributed by atoms with Gasteiger partial charge in [0.25, 0.3) is 0 Å². The average molecular weight is 331 g/mol. The third-order valence-corrected chi connectivity index (χ3v) is 7.83. The van der Waals surface area contributed by atoms with Crippen LogP contribution in [0.2, 0.25) is 0 Å². The minimum absolute atomic E-state index is 0.287. The zero-order chi connectivity index (χ0) is 15.6. The molecule has 120 valence electrons. The Morgan fingerprint density at radius 3 is 2.71 bits per heavy atom. The summed E-state index contributed by atoms with van der Waals surface area (Å²) in [5.74, 6) is 1.25. The number of nitrogens with zero attached hydrogens (tertiary/aromatic N) is 1. The Bertz CT molecular complexity index is 578. The molecule has 1 unspecified atom stereocenters. The molecule has 1 atom stereocenters. The summed E-state index contributed by atoms with van der Waals surface area (Å²) in [5.41, 5.74) is 6.53. The summed E-state index contributed by atoms with van der Waals surface area (Å²) >= 11 is 1.45. The van der Waals surface area contributed by atoms with Crippen LogP contribution in [-0.2, 0) is 16.6 Å². The van der Waals surface area contributed by atoms with Crippen LogP contribution >= 0.6 is 11.3 Å². The van der Waals surface area contributed by atoms with Gasteiger partial charge in [-0.15, -0.1) is 11.3 Å². The molecule has 2 N–H and O–H groups in total. The Balaban J connectivity index is 2.25.